The van der Waals surface area contributed by atoms with Gasteiger partial charge < -0.3 is 19.5 Å². The first kappa shape index (κ1) is 19.7. The molecule has 1 N–H and O–H groups in total. The van der Waals surface area contributed by atoms with E-state index >= 15 is 0 Å². The Morgan fingerprint density at radius 1 is 1.15 bits per heavy atom. The van der Waals surface area contributed by atoms with Crippen LogP contribution < -0.4 is 19.5 Å². The number of amides is 1. The number of anilines is 1. The molecule has 138 valence electrons. The van der Waals surface area contributed by atoms with Gasteiger partial charge in [-0.2, -0.15) is 0 Å². The fraction of sp³-hybridized carbons (Fsp3) is 0.250. The van der Waals surface area contributed by atoms with E-state index in [1.807, 2.05) is 18.2 Å². The number of carbonyl (C=O) groups excluding carboxylic acids is 1. The lowest BCUT2D eigenvalue weighted by atomic mass is 10.1. The average Bonchev–Trinajstić information content (AvgIpc) is 2.63. The smallest absolute Gasteiger partial charge is 0.265 e. The summed E-state index contributed by atoms with van der Waals surface area (Å²) in [5.41, 5.74) is 1.61. The molecule has 1 unspecified atom stereocenters. The third kappa shape index (κ3) is 4.92. The van der Waals surface area contributed by atoms with Gasteiger partial charge in [-0.15, -0.1) is 6.58 Å². The molecule has 0 heterocycles. The topological polar surface area (TPSA) is 56.8 Å². The number of nitrogens with one attached hydrogen (secondary N) is 1. The maximum absolute atomic E-state index is 12.4. The zero-order valence-corrected chi connectivity index (χ0v) is 15.8. The monoisotopic (exact) mass is 375 g/mol. The Hall–Kier alpha value is -2.66. The molecule has 0 spiro atoms. The van der Waals surface area contributed by atoms with E-state index in [1.165, 1.54) is 7.11 Å². The molecule has 0 saturated heterocycles. The van der Waals surface area contributed by atoms with Crippen LogP contribution in [0, 0.1) is 0 Å². The van der Waals surface area contributed by atoms with Crippen molar-refractivity contribution >= 4 is 23.2 Å². The zero-order chi connectivity index (χ0) is 19.1. The van der Waals surface area contributed by atoms with Crippen LogP contribution in [0.1, 0.15) is 12.5 Å². The number of methoxy groups -OCH3 is 2. The van der Waals surface area contributed by atoms with Crippen molar-refractivity contribution in [2.75, 3.05) is 19.5 Å². The van der Waals surface area contributed by atoms with Gasteiger partial charge in [0.25, 0.3) is 5.91 Å². The van der Waals surface area contributed by atoms with E-state index in [4.69, 9.17) is 25.8 Å². The van der Waals surface area contributed by atoms with Crippen LogP contribution >= 0.6 is 11.6 Å². The Kier molecular flexibility index (Phi) is 6.92. The molecule has 5 nitrogen and oxygen atoms in total. The number of allylic oxidation sites excluding steroid dienone is 1. The second kappa shape index (κ2) is 9.15. The van der Waals surface area contributed by atoms with Crippen LogP contribution in [0.2, 0.25) is 5.02 Å². The van der Waals surface area contributed by atoms with Gasteiger partial charge in [0.1, 0.15) is 5.75 Å². The molecule has 1 amide bonds. The minimum absolute atomic E-state index is 0.302. The molecule has 2 rings (SSSR count). The van der Waals surface area contributed by atoms with Gasteiger partial charge in [-0.05, 0) is 49.2 Å². The predicted octanol–water partition coefficient (Wildman–Crippen LogP) is 4.49. The van der Waals surface area contributed by atoms with E-state index in [-0.39, 0.29) is 5.91 Å². The van der Waals surface area contributed by atoms with Crippen molar-refractivity contribution in [1.29, 1.82) is 0 Å². The van der Waals surface area contributed by atoms with Crippen molar-refractivity contribution in [2.24, 2.45) is 0 Å². The van der Waals surface area contributed by atoms with E-state index in [9.17, 15) is 4.79 Å². The van der Waals surface area contributed by atoms with Crippen LogP contribution in [-0.2, 0) is 11.2 Å². The summed E-state index contributed by atoms with van der Waals surface area (Å²) in [7, 11) is 3.09. The van der Waals surface area contributed by atoms with Crippen LogP contribution in [0.25, 0.3) is 0 Å². The molecule has 0 aromatic heterocycles. The van der Waals surface area contributed by atoms with Gasteiger partial charge >= 0.3 is 0 Å². The van der Waals surface area contributed by atoms with Crippen molar-refractivity contribution in [1.82, 2.24) is 0 Å². The lowest BCUT2D eigenvalue weighted by Crippen LogP contribution is -2.30. The minimum Gasteiger partial charge on any atom is -0.495 e. The maximum atomic E-state index is 12.4. The van der Waals surface area contributed by atoms with E-state index < -0.39 is 6.10 Å². The standard InChI is InChI=1S/C20H22ClNO4/c1-5-6-14-7-9-18(19(11-14)25-4)26-13(2)20(23)22-15-8-10-17(24-3)16(21)12-15/h5,7-13H,1,6H2,2-4H3,(H,22,23). The number of hydrogen-bond acceptors (Lipinski definition) is 4. The molecule has 2 aromatic carbocycles. The summed E-state index contributed by atoms with van der Waals surface area (Å²) < 4.78 is 16.2. The van der Waals surface area contributed by atoms with Crippen LogP contribution in [0.15, 0.2) is 49.1 Å². The summed E-state index contributed by atoms with van der Waals surface area (Å²) in [6.07, 6.45) is 1.81. The van der Waals surface area contributed by atoms with Crippen LogP contribution in [-0.4, -0.2) is 26.2 Å². The molecule has 0 aliphatic rings. The highest BCUT2D eigenvalue weighted by atomic mass is 35.5. The zero-order valence-electron chi connectivity index (χ0n) is 15.0. The molecule has 0 aliphatic carbocycles. The first-order chi connectivity index (χ1) is 12.5. The molecule has 0 radical (unpaired) electrons. The molecular formula is C20H22ClNO4. The van der Waals surface area contributed by atoms with Crippen molar-refractivity contribution in [3.05, 3.63) is 59.6 Å². The molecular weight excluding hydrogens is 354 g/mol. The molecule has 0 saturated carbocycles. The highest BCUT2D eigenvalue weighted by molar-refractivity contribution is 6.32. The van der Waals surface area contributed by atoms with Crippen molar-refractivity contribution in [3.63, 3.8) is 0 Å². The second-order valence-corrected chi connectivity index (χ2v) is 5.98. The van der Waals surface area contributed by atoms with Gasteiger partial charge in [-0.3, -0.25) is 4.79 Å². The third-order valence-corrected chi connectivity index (χ3v) is 4.00. The molecule has 26 heavy (non-hydrogen) atoms. The molecule has 6 heteroatoms. The Bertz CT molecular complexity index is 791. The van der Waals surface area contributed by atoms with Gasteiger partial charge in [-0.1, -0.05) is 23.7 Å². The van der Waals surface area contributed by atoms with Gasteiger partial charge in [0.05, 0.1) is 19.2 Å². The number of rotatable bonds is 8. The number of hydrogen-bond donors (Lipinski definition) is 1. The van der Waals surface area contributed by atoms with E-state index in [2.05, 4.69) is 11.9 Å². The van der Waals surface area contributed by atoms with Crippen molar-refractivity contribution in [3.8, 4) is 17.2 Å². The van der Waals surface area contributed by atoms with Crippen molar-refractivity contribution in [2.45, 2.75) is 19.4 Å². The third-order valence-electron chi connectivity index (χ3n) is 3.70. The van der Waals surface area contributed by atoms with Crippen molar-refractivity contribution < 1.29 is 19.0 Å². The first-order valence-electron chi connectivity index (χ1n) is 8.07. The summed E-state index contributed by atoms with van der Waals surface area (Å²) in [5, 5.41) is 3.18. The summed E-state index contributed by atoms with van der Waals surface area (Å²) in [4.78, 5) is 12.4. The van der Waals surface area contributed by atoms with Gasteiger partial charge in [0.2, 0.25) is 0 Å². The highest BCUT2D eigenvalue weighted by Gasteiger charge is 2.18. The average molecular weight is 376 g/mol. The van der Waals surface area contributed by atoms with E-state index in [0.717, 1.165) is 12.0 Å². The summed E-state index contributed by atoms with van der Waals surface area (Å²) in [6, 6.07) is 10.6. The van der Waals surface area contributed by atoms with Gasteiger partial charge in [-0.25, -0.2) is 0 Å². The highest BCUT2D eigenvalue weighted by Crippen LogP contribution is 2.30. The lowest BCUT2D eigenvalue weighted by Gasteiger charge is -2.17. The molecule has 0 bridgehead atoms. The number of carbonyl (C=O) groups is 1. The first-order valence-corrected chi connectivity index (χ1v) is 8.45. The molecule has 0 fully saturated rings. The van der Waals surface area contributed by atoms with Gasteiger partial charge in [0.15, 0.2) is 17.6 Å². The minimum atomic E-state index is -0.727. The quantitative estimate of drug-likeness (QED) is 0.690. The number of halogens is 1. The fourth-order valence-electron chi connectivity index (χ4n) is 2.33. The largest absolute Gasteiger partial charge is 0.495 e. The summed E-state index contributed by atoms with van der Waals surface area (Å²) in [6.45, 7) is 5.38. The van der Waals surface area contributed by atoms with Crippen LogP contribution in [0.4, 0.5) is 5.69 Å². The Morgan fingerprint density at radius 2 is 1.85 bits per heavy atom. The molecule has 2 aromatic rings. The van der Waals surface area contributed by atoms with Gasteiger partial charge in [0, 0.05) is 5.69 Å². The Labute approximate surface area is 158 Å². The number of ether oxygens (including phenoxy) is 3. The van der Waals surface area contributed by atoms with Crippen LogP contribution in [0.3, 0.4) is 0 Å². The number of benzene rings is 2. The van der Waals surface area contributed by atoms with Crippen LogP contribution in [0.5, 0.6) is 17.2 Å². The summed E-state index contributed by atoms with van der Waals surface area (Å²) in [5.74, 6) is 1.30. The molecule has 0 aliphatic heterocycles. The second-order valence-electron chi connectivity index (χ2n) is 5.58. The van der Waals surface area contributed by atoms with E-state index in [0.29, 0.717) is 28.0 Å². The maximum Gasteiger partial charge on any atom is 0.265 e. The fourth-order valence-corrected chi connectivity index (χ4v) is 2.59. The SMILES string of the molecule is C=CCc1ccc(OC(C)C(=O)Nc2ccc(OC)c(Cl)c2)c(OC)c1. The normalized spacial score (nSPS) is 11.4. The van der Waals surface area contributed by atoms with E-state index in [1.54, 1.807) is 38.3 Å². The predicted molar refractivity (Wildman–Crippen MR) is 104 cm³/mol. The summed E-state index contributed by atoms with van der Waals surface area (Å²) >= 11 is 6.07. The lowest BCUT2D eigenvalue weighted by molar-refractivity contribution is -0.122. The Morgan fingerprint density at radius 3 is 2.46 bits per heavy atom. The Balaban J connectivity index is 2.07. The molecule has 1 atom stereocenters.